The first-order chi connectivity index (χ1) is 20.4. The number of likely N-dealkylation sites (tertiary alicyclic amines) is 1. The molecule has 4 heterocycles. The van der Waals surface area contributed by atoms with Gasteiger partial charge in [0.25, 0.3) is 0 Å². The van der Waals surface area contributed by atoms with Gasteiger partial charge in [0.15, 0.2) is 0 Å². The molecule has 2 N–H and O–H groups in total. The van der Waals surface area contributed by atoms with Gasteiger partial charge in [-0.05, 0) is 95.6 Å². The zero-order valence-electron chi connectivity index (χ0n) is 23.4. The highest BCUT2D eigenvalue weighted by molar-refractivity contribution is 7.09. The number of phenols is 1. The topological polar surface area (TPSA) is 109 Å². The molecule has 4 atom stereocenters. The molecule has 0 unspecified atom stereocenters. The van der Waals surface area contributed by atoms with E-state index in [2.05, 4.69) is 4.98 Å². The predicted octanol–water partition coefficient (Wildman–Crippen LogP) is 4.81. The van der Waals surface area contributed by atoms with Crippen LogP contribution in [0.2, 0.25) is 6.32 Å². The van der Waals surface area contributed by atoms with E-state index < -0.39 is 25.1 Å². The van der Waals surface area contributed by atoms with Crippen molar-refractivity contribution in [3.63, 3.8) is 0 Å². The Morgan fingerprint density at radius 3 is 2.79 bits per heavy atom. The number of amides is 2. The molecule has 0 bridgehead atoms. The van der Waals surface area contributed by atoms with E-state index in [0.717, 1.165) is 32.9 Å². The van der Waals surface area contributed by atoms with Crippen LogP contribution in [0.5, 0.6) is 5.75 Å². The number of hydrogen-bond donors (Lipinski definition) is 2. The summed E-state index contributed by atoms with van der Waals surface area (Å²) in [7, 11) is 0.582. The molecule has 1 aromatic carbocycles. The molecule has 6 rings (SSSR count). The normalized spacial score (nSPS) is 24.3. The monoisotopic (exact) mass is 584 g/mol. The number of carbonyl (C=O) groups is 2. The second kappa shape index (κ2) is 12.3. The molecule has 216 valence electrons. The van der Waals surface area contributed by atoms with Crippen LogP contribution in [0.1, 0.15) is 35.4 Å². The fourth-order valence-electron chi connectivity index (χ4n) is 6.78. The fourth-order valence-corrected chi connectivity index (χ4v) is 7.47. The van der Waals surface area contributed by atoms with Crippen LogP contribution in [0.25, 0.3) is 11.6 Å². The third kappa shape index (κ3) is 5.72. The summed E-state index contributed by atoms with van der Waals surface area (Å²) in [6.45, 7) is 0.614. The highest BCUT2D eigenvalue weighted by Gasteiger charge is 2.57. The molecule has 2 aromatic heterocycles. The minimum atomic E-state index is -1.05. The highest BCUT2D eigenvalue weighted by atomic mass is 32.1. The van der Waals surface area contributed by atoms with Crippen molar-refractivity contribution in [3.8, 4) is 5.75 Å². The average molecular weight is 585 g/mol. The Bertz CT molecular complexity index is 1510. The fraction of sp³-hybridized carbons (Fsp3) is 0.344. The van der Waals surface area contributed by atoms with E-state index in [4.69, 9.17) is 9.39 Å². The van der Waals surface area contributed by atoms with Crippen molar-refractivity contribution in [1.82, 2.24) is 9.88 Å². The summed E-state index contributed by atoms with van der Waals surface area (Å²) in [6, 6.07) is 16.6. The third-order valence-corrected chi connectivity index (χ3v) is 9.35. The SMILES string of the molecule is COCC1=C2[C@@H](CC/C(=C/c3cccc(O)c3)c3ccccn3)OB(O)C[C@@H]2[C@@H]2C(=O)N(Cc3cccs3)C(=O)[C@@H]2C1. The van der Waals surface area contributed by atoms with E-state index in [1.807, 2.05) is 47.9 Å². The molecule has 1 aliphatic carbocycles. The van der Waals surface area contributed by atoms with Crippen LogP contribution < -0.4 is 0 Å². The van der Waals surface area contributed by atoms with Crippen LogP contribution in [-0.2, 0) is 25.5 Å². The van der Waals surface area contributed by atoms with Crippen LogP contribution in [0.4, 0.5) is 0 Å². The Hall–Kier alpha value is -3.57. The van der Waals surface area contributed by atoms with Crippen molar-refractivity contribution in [1.29, 1.82) is 0 Å². The first-order valence-electron chi connectivity index (χ1n) is 14.3. The van der Waals surface area contributed by atoms with Gasteiger partial charge < -0.3 is 19.5 Å². The number of carbonyl (C=O) groups excluding carboxylic acids is 2. The molecule has 2 saturated heterocycles. The van der Waals surface area contributed by atoms with Crippen molar-refractivity contribution >= 4 is 41.9 Å². The number of methoxy groups -OCH3 is 1. The van der Waals surface area contributed by atoms with Crippen molar-refractivity contribution in [2.24, 2.45) is 17.8 Å². The lowest BCUT2D eigenvalue weighted by Crippen LogP contribution is -2.46. The van der Waals surface area contributed by atoms with Gasteiger partial charge >= 0.3 is 7.12 Å². The van der Waals surface area contributed by atoms with E-state index in [9.17, 15) is 19.7 Å². The zero-order valence-corrected chi connectivity index (χ0v) is 24.2. The summed E-state index contributed by atoms with van der Waals surface area (Å²) in [5, 5.41) is 22.8. The lowest BCUT2D eigenvalue weighted by molar-refractivity contribution is -0.140. The van der Waals surface area contributed by atoms with Crippen molar-refractivity contribution in [2.75, 3.05) is 13.7 Å². The number of pyridine rings is 1. The molecule has 10 heteroatoms. The number of imide groups is 1. The minimum Gasteiger partial charge on any atom is -0.508 e. The summed E-state index contributed by atoms with van der Waals surface area (Å²) >= 11 is 1.53. The molecule has 0 saturated carbocycles. The summed E-state index contributed by atoms with van der Waals surface area (Å²) in [5.74, 6) is -1.41. The number of phenolic OH excluding ortho intramolecular Hbond substituents is 1. The zero-order chi connectivity index (χ0) is 29.2. The molecule has 2 aliphatic heterocycles. The number of benzene rings is 1. The quantitative estimate of drug-likeness (QED) is 0.211. The second-order valence-corrected chi connectivity index (χ2v) is 12.1. The van der Waals surface area contributed by atoms with Gasteiger partial charge in [-0.25, -0.2) is 0 Å². The first kappa shape index (κ1) is 28.5. The van der Waals surface area contributed by atoms with Gasteiger partial charge in [0, 0.05) is 18.2 Å². The lowest BCUT2D eigenvalue weighted by atomic mass is 9.58. The molecule has 2 fully saturated rings. The number of rotatable bonds is 9. The van der Waals surface area contributed by atoms with Crippen molar-refractivity contribution < 1.29 is 29.1 Å². The van der Waals surface area contributed by atoms with Crippen molar-refractivity contribution in [2.45, 2.75) is 38.2 Å². The van der Waals surface area contributed by atoms with Crippen molar-refractivity contribution in [3.05, 3.63) is 93.5 Å². The maximum absolute atomic E-state index is 13.8. The van der Waals surface area contributed by atoms with Gasteiger partial charge in [0.2, 0.25) is 11.8 Å². The number of fused-ring (bicyclic) bond motifs is 3. The number of aromatic nitrogens is 1. The molecule has 3 aliphatic rings. The van der Waals surface area contributed by atoms with Gasteiger partial charge in [-0.3, -0.25) is 19.5 Å². The van der Waals surface area contributed by atoms with Gasteiger partial charge in [-0.2, -0.15) is 0 Å². The molecule has 3 aromatic rings. The smallest absolute Gasteiger partial charge is 0.455 e. The predicted molar refractivity (Wildman–Crippen MR) is 161 cm³/mol. The Labute approximate surface area is 249 Å². The Balaban J connectivity index is 1.30. The molecular weight excluding hydrogens is 551 g/mol. The van der Waals surface area contributed by atoms with Gasteiger partial charge in [-0.15, -0.1) is 11.3 Å². The number of allylic oxidation sites excluding steroid dienone is 1. The summed E-state index contributed by atoms with van der Waals surface area (Å²) < 4.78 is 11.7. The highest BCUT2D eigenvalue weighted by Crippen LogP contribution is 2.51. The van der Waals surface area contributed by atoms with Gasteiger partial charge in [0.1, 0.15) is 5.75 Å². The van der Waals surface area contributed by atoms with Crippen LogP contribution in [-0.4, -0.2) is 58.8 Å². The maximum Gasteiger partial charge on any atom is 0.455 e. The van der Waals surface area contributed by atoms with E-state index in [-0.39, 0.29) is 36.3 Å². The summed E-state index contributed by atoms with van der Waals surface area (Å²) in [5.41, 5.74) is 4.58. The Morgan fingerprint density at radius 1 is 1.17 bits per heavy atom. The van der Waals surface area contributed by atoms with E-state index >= 15 is 0 Å². The van der Waals surface area contributed by atoms with E-state index in [1.54, 1.807) is 31.5 Å². The minimum absolute atomic E-state index is 0.143. The van der Waals surface area contributed by atoms with Crippen LogP contribution in [0.3, 0.4) is 0 Å². The molecule has 0 spiro atoms. The standard InChI is InChI=1S/C32H33BN2O6S/c1-40-19-22-16-25-30(32(38)35(31(25)37)18-24-8-5-13-42-24)26-17-33(39)41-28(29(22)26)11-10-21(27-9-2-3-12-34-27)14-20-6-4-7-23(36)15-20/h2-9,12-15,25-26,28,30,36,39H,10-11,16-19H2,1H3/b21-14-/t25-,26+,28-,30-/m1/s1. The van der Waals surface area contributed by atoms with E-state index in [0.29, 0.717) is 25.9 Å². The number of thiophene rings is 1. The molecular formula is C32H33BN2O6S. The van der Waals surface area contributed by atoms with Crippen LogP contribution in [0.15, 0.2) is 77.3 Å². The lowest BCUT2D eigenvalue weighted by Gasteiger charge is -2.43. The average Bonchev–Trinajstić information content (AvgIpc) is 3.58. The molecule has 2 amide bonds. The number of aromatic hydroxyl groups is 1. The van der Waals surface area contributed by atoms with Crippen LogP contribution in [0, 0.1) is 17.8 Å². The van der Waals surface area contributed by atoms with E-state index in [1.165, 1.54) is 16.2 Å². The number of nitrogens with zero attached hydrogens (tertiary/aromatic N) is 2. The molecule has 42 heavy (non-hydrogen) atoms. The van der Waals surface area contributed by atoms with Crippen LogP contribution >= 0.6 is 11.3 Å². The molecule has 8 nitrogen and oxygen atoms in total. The van der Waals surface area contributed by atoms with Gasteiger partial charge in [0.05, 0.1) is 36.8 Å². The maximum atomic E-state index is 13.8. The summed E-state index contributed by atoms with van der Waals surface area (Å²) in [6.07, 6.45) is 5.11. The number of hydrogen-bond acceptors (Lipinski definition) is 8. The third-order valence-electron chi connectivity index (χ3n) is 8.49. The first-order valence-corrected chi connectivity index (χ1v) is 15.1. The summed E-state index contributed by atoms with van der Waals surface area (Å²) in [4.78, 5) is 34.3. The molecule has 0 radical (unpaired) electrons. The number of ether oxygens (including phenoxy) is 1. The Morgan fingerprint density at radius 2 is 2.05 bits per heavy atom. The largest absolute Gasteiger partial charge is 0.508 e. The Kier molecular flexibility index (Phi) is 8.39. The van der Waals surface area contributed by atoms with Gasteiger partial charge in [-0.1, -0.05) is 24.3 Å². The second-order valence-electron chi connectivity index (χ2n) is 11.1.